The molecule has 23 heavy (non-hydrogen) atoms. The summed E-state index contributed by atoms with van der Waals surface area (Å²) >= 11 is 0. The lowest BCUT2D eigenvalue weighted by Crippen LogP contribution is -2.47. The van der Waals surface area contributed by atoms with Gasteiger partial charge >= 0.3 is 12.1 Å². The first-order chi connectivity index (χ1) is 10.6. The number of ether oxygens (including phenoxy) is 1. The number of aryl methyl sites for hydroxylation is 1. The Morgan fingerprint density at radius 3 is 2.52 bits per heavy atom. The molecule has 7 nitrogen and oxygen atoms in total. The van der Waals surface area contributed by atoms with Gasteiger partial charge in [0.2, 0.25) is 0 Å². The highest BCUT2D eigenvalue weighted by Gasteiger charge is 2.51. The summed E-state index contributed by atoms with van der Waals surface area (Å²) in [6.07, 6.45) is 4.97. The first-order valence-electron chi connectivity index (χ1n) is 7.80. The summed E-state index contributed by atoms with van der Waals surface area (Å²) in [6.45, 7) is 5.37. The highest BCUT2D eigenvalue weighted by Crippen LogP contribution is 2.47. The second-order valence-electron chi connectivity index (χ2n) is 7.29. The molecule has 0 aliphatic heterocycles. The number of hydrogen-bond donors (Lipinski definition) is 2. The maximum absolute atomic E-state index is 12.0. The number of aromatic nitrogens is 2. The van der Waals surface area contributed by atoms with Crippen LogP contribution in [0.15, 0.2) is 12.4 Å². The second-order valence-corrected chi connectivity index (χ2v) is 7.29. The van der Waals surface area contributed by atoms with Crippen LogP contribution < -0.4 is 5.32 Å². The monoisotopic (exact) mass is 323 g/mol. The number of carbonyl (C=O) groups is 2. The van der Waals surface area contributed by atoms with Crippen molar-refractivity contribution in [2.45, 2.75) is 45.6 Å². The Kier molecular flexibility index (Phi) is 4.68. The van der Waals surface area contributed by atoms with Gasteiger partial charge < -0.3 is 15.2 Å². The van der Waals surface area contributed by atoms with E-state index in [1.165, 1.54) is 0 Å². The van der Waals surface area contributed by atoms with Gasteiger partial charge in [-0.3, -0.25) is 9.48 Å². The molecule has 1 fully saturated rings. The smallest absolute Gasteiger partial charge is 0.407 e. The Morgan fingerprint density at radius 2 is 2.09 bits per heavy atom. The molecule has 1 aliphatic carbocycles. The Morgan fingerprint density at radius 1 is 1.43 bits per heavy atom. The molecule has 1 aliphatic rings. The molecule has 128 valence electrons. The highest BCUT2D eigenvalue weighted by molar-refractivity contribution is 5.78. The summed E-state index contributed by atoms with van der Waals surface area (Å²) in [5.41, 5.74) is -0.772. The molecule has 1 amide bonds. The van der Waals surface area contributed by atoms with E-state index in [0.29, 0.717) is 6.42 Å². The van der Waals surface area contributed by atoms with E-state index >= 15 is 0 Å². The zero-order chi connectivity index (χ0) is 17.3. The van der Waals surface area contributed by atoms with Crippen LogP contribution in [0.1, 0.15) is 39.2 Å². The zero-order valence-electron chi connectivity index (χ0n) is 14.1. The molecule has 1 atom stereocenters. The first kappa shape index (κ1) is 17.3. The van der Waals surface area contributed by atoms with E-state index in [0.717, 1.165) is 18.4 Å². The fourth-order valence-corrected chi connectivity index (χ4v) is 2.78. The van der Waals surface area contributed by atoms with Crippen molar-refractivity contribution in [2.24, 2.45) is 18.4 Å². The summed E-state index contributed by atoms with van der Waals surface area (Å²) in [7, 11) is 1.79. The van der Waals surface area contributed by atoms with Crippen molar-refractivity contribution in [3.05, 3.63) is 18.0 Å². The minimum atomic E-state index is -1.01. The average molecular weight is 323 g/mol. The van der Waals surface area contributed by atoms with Crippen molar-refractivity contribution in [1.82, 2.24) is 15.1 Å². The number of rotatable bonds is 6. The van der Waals surface area contributed by atoms with Crippen LogP contribution in [0.3, 0.4) is 0 Å². The molecule has 1 unspecified atom stereocenters. The molecule has 1 aromatic rings. The van der Waals surface area contributed by atoms with Gasteiger partial charge in [-0.05, 0) is 51.5 Å². The van der Waals surface area contributed by atoms with Crippen molar-refractivity contribution in [3.8, 4) is 0 Å². The standard InChI is InChI=1S/C16H25N3O4/c1-15(2,3)23-14(22)17-10-16(13(20)21,12-5-6-12)7-11-8-18-19(4)9-11/h8-9,12H,5-7,10H2,1-4H3,(H,17,22)(H,20,21). The van der Waals surface area contributed by atoms with E-state index in [4.69, 9.17) is 4.74 Å². The molecule has 0 aromatic carbocycles. The summed E-state index contributed by atoms with van der Waals surface area (Å²) in [6, 6.07) is 0. The van der Waals surface area contributed by atoms with Crippen LogP contribution in [-0.4, -0.2) is 39.1 Å². The van der Waals surface area contributed by atoms with Crippen LogP contribution in [0.5, 0.6) is 0 Å². The quantitative estimate of drug-likeness (QED) is 0.835. The second kappa shape index (κ2) is 6.22. The van der Waals surface area contributed by atoms with Gasteiger partial charge in [-0.15, -0.1) is 0 Å². The summed E-state index contributed by atoms with van der Waals surface area (Å²) in [4.78, 5) is 23.9. The Hall–Kier alpha value is -2.05. The highest BCUT2D eigenvalue weighted by atomic mass is 16.6. The van der Waals surface area contributed by atoms with Gasteiger partial charge in [0.1, 0.15) is 5.60 Å². The van der Waals surface area contributed by atoms with Crippen molar-refractivity contribution < 1.29 is 19.4 Å². The molecule has 2 rings (SSSR count). The van der Waals surface area contributed by atoms with E-state index in [1.807, 2.05) is 6.20 Å². The number of hydrogen-bond acceptors (Lipinski definition) is 4. The number of carboxylic acids is 1. The molecule has 1 saturated carbocycles. The number of carbonyl (C=O) groups excluding carboxylic acids is 1. The normalized spacial score (nSPS) is 17.4. The predicted molar refractivity (Wildman–Crippen MR) is 83.9 cm³/mol. The van der Waals surface area contributed by atoms with Crippen molar-refractivity contribution in [2.75, 3.05) is 6.54 Å². The minimum absolute atomic E-state index is 0.0524. The van der Waals surface area contributed by atoms with Crippen molar-refractivity contribution >= 4 is 12.1 Å². The third-order valence-corrected chi connectivity index (χ3v) is 4.01. The summed E-state index contributed by atoms with van der Waals surface area (Å²) in [5.74, 6) is -0.824. The van der Waals surface area contributed by atoms with Crippen LogP contribution in [0, 0.1) is 11.3 Å². The van der Waals surface area contributed by atoms with E-state index < -0.39 is 23.1 Å². The lowest BCUT2D eigenvalue weighted by Gasteiger charge is -2.30. The largest absolute Gasteiger partial charge is 0.481 e. The number of amides is 1. The topological polar surface area (TPSA) is 93.5 Å². The van der Waals surface area contributed by atoms with Gasteiger partial charge in [0.25, 0.3) is 0 Å². The lowest BCUT2D eigenvalue weighted by atomic mass is 9.77. The Balaban J connectivity index is 2.11. The number of carboxylic acid groups (broad SMARTS) is 1. The number of alkyl carbamates (subject to hydrolysis) is 1. The molecular formula is C16H25N3O4. The van der Waals surface area contributed by atoms with E-state index in [9.17, 15) is 14.7 Å². The van der Waals surface area contributed by atoms with Crippen LogP contribution in [0.4, 0.5) is 4.79 Å². The van der Waals surface area contributed by atoms with E-state index in [2.05, 4.69) is 10.4 Å². The van der Waals surface area contributed by atoms with Gasteiger partial charge in [-0.25, -0.2) is 4.79 Å². The van der Waals surface area contributed by atoms with Crippen molar-refractivity contribution in [1.29, 1.82) is 0 Å². The number of aliphatic carboxylic acids is 1. The minimum Gasteiger partial charge on any atom is -0.481 e. The maximum atomic E-state index is 12.0. The molecule has 0 saturated heterocycles. The van der Waals surface area contributed by atoms with Crippen LogP contribution in [-0.2, 0) is 23.0 Å². The fraction of sp³-hybridized carbons (Fsp3) is 0.688. The zero-order valence-corrected chi connectivity index (χ0v) is 14.1. The van der Waals surface area contributed by atoms with Crippen LogP contribution >= 0.6 is 0 Å². The fourth-order valence-electron chi connectivity index (χ4n) is 2.78. The van der Waals surface area contributed by atoms with E-state index in [-0.39, 0.29) is 12.5 Å². The number of nitrogens with zero attached hydrogens (tertiary/aromatic N) is 2. The molecular weight excluding hydrogens is 298 g/mol. The molecule has 2 N–H and O–H groups in total. The third-order valence-electron chi connectivity index (χ3n) is 4.01. The molecule has 1 heterocycles. The van der Waals surface area contributed by atoms with Crippen LogP contribution in [0.2, 0.25) is 0 Å². The molecule has 0 bridgehead atoms. The van der Waals surface area contributed by atoms with Gasteiger partial charge in [-0.2, -0.15) is 5.10 Å². The molecule has 0 spiro atoms. The van der Waals surface area contributed by atoms with Gasteiger partial charge in [0, 0.05) is 19.8 Å². The van der Waals surface area contributed by atoms with Gasteiger partial charge in [-0.1, -0.05) is 0 Å². The Bertz CT molecular complexity index is 586. The first-order valence-corrected chi connectivity index (χ1v) is 7.80. The predicted octanol–water partition coefficient (Wildman–Crippen LogP) is 1.97. The average Bonchev–Trinajstić information content (AvgIpc) is 3.17. The third kappa shape index (κ3) is 4.46. The Labute approximate surface area is 136 Å². The lowest BCUT2D eigenvalue weighted by molar-refractivity contribution is -0.150. The maximum Gasteiger partial charge on any atom is 0.407 e. The van der Waals surface area contributed by atoms with Gasteiger partial charge in [0.15, 0.2) is 0 Å². The van der Waals surface area contributed by atoms with Crippen molar-refractivity contribution in [3.63, 3.8) is 0 Å². The SMILES string of the molecule is Cn1cc(CC(CNC(=O)OC(C)(C)C)(C(=O)O)C2CC2)cn1. The summed E-state index contributed by atoms with van der Waals surface area (Å²) < 4.78 is 6.86. The molecule has 0 radical (unpaired) electrons. The molecule has 1 aromatic heterocycles. The summed E-state index contributed by atoms with van der Waals surface area (Å²) in [5, 5.41) is 16.6. The van der Waals surface area contributed by atoms with E-state index in [1.54, 1.807) is 38.7 Å². The number of nitrogens with one attached hydrogen (secondary N) is 1. The van der Waals surface area contributed by atoms with Gasteiger partial charge in [0.05, 0.1) is 11.6 Å². The molecule has 7 heteroatoms. The van der Waals surface area contributed by atoms with Crippen LogP contribution in [0.25, 0.3) is 0 Å².